The monoisotopic (exact) mass is 500 g/mol. The molecule has 3 aromatic carbocycles. The van der Waals surface area contributed by atoms with Gasteiger partial charge in [-0.05, 0) is 79.9 Å². The average molecular weight is 501 g/mol. The van der Waals surface area contributed by atoms with Crippen LogP contribution in [0.1, 0.15) is 30.0 Å². The summed E-state index contributed by atoms with van der Waals surface area (Å²) in [6.45, 7) is 5.83. The quantitative estimate of drug-likeness (QED) is 0.326. The molecule has 0 radical (unpaired) electrons. The molecule has 3 rings (SSSR count). The van der Waals surface area contributed by atoms with E-state index in [1.165, 1.54) is 6.07 Å². The number of hydrogen-bond donors (Lipinski definition) is 3. The van der Waals surface area contributed by atoms with E-state index in [-0.39, 0.29) is 18.1 Å². The van der Waals surface area contributed by atoms with Crippen molar-refractivity contribution < 1.29 is 18.4 Å². The predicted molar refractivity (Wildman–Crippen MR) is 136 cm³/mol. The number of anilines is 3. The summed E-state index contributed by atoms with van der Waals surface area (Å²) < 4.78 is 27.5. The summed E-state index contributed by atoms with van der Waals surface area (Å²) in [6, 6.07) is 13.1. The minimum absolute atomic E-state index is 0.217. The molecule has 3 aromatic rings. The molecule has 0 bridgehead atoms. The standard InChI is InChI=1S/C26H27ClF2N4O2/c1-4-12-33(20-10-8-18(27)9-11-20)26(35)32-24-16(2)13-19(14-17(24)3)31-25(34)30-15-21-22(28)6-5-7-23(21)29/h5-11,13-14H,4,12,15H2,1-3H3,(H,32,35)(H2,30,31,34). The van der Waals surface area contributed by atoms with Gasteiger partial charge in [0.05, 0.1) is 6.54 Å². The Kier molecular flexibility index (Phi) is 8.65. The van der Waals surface area contributed by atoms with E-state index in [2.05, 4.69) is 16.0 Å². The van der Waals surface area contributed by atoms with Gasteiger partial charge in [0.15, 0.2) is 0 Å². The Hall–Kier alpha value is -3.65. The lowest BCUT2D eigenvalue weighted by Gasteiger charge is -2.24. The third-order valence-corrected chi connectivity index (χ3v) is 5.59. The number of rotatable bonds is 7. The fraction of sp³-hybridized carbons (Fsp3) is 0.231. The Morgan fingerprint density at radius 1 is 0.943 bits per heavy atom. The molecule has 0 aliphatic carbocycles. The van der Waals surface area contributed by atoms with Crippen LogP contribution in [0.15, 0.2) is 54.6 Å². The molecule has 0 saturated heterocycles. The van der Waals surface area contributed by atoms with Gasteiger partial charge in [0.25, 0.3) is 0 Å². The highest BCUT2D eigenvalue weighted by Crippen LogP contribution is 2.27. The molecule has 0 aromatic heterocycles. The van der Waals surface area contributed by atoms with Crippen LogP contribution < -0.4 is 20.9 Å². The van der Waals surface area contributed by atoms with Crippen molar-refractivity contribution >= 4 is 40.7 Å². The lowest BCUT2D eigenvalue weighted by molar-refractivity contribution is 0.251. The van der Waals surface area contributed by atoms with E-state index in [0.29, 0.717) is 22.9 Å². The van der Waals surface area contributed by atoms with Crippen LogP contribution in [0.2, 0.25) is 5.02 Å². The SMILES string of the molecule is CCCN(C(=O)Nc1c(C)cc(NC(=O)NCc2c(F)cccc2F)cc1C)c1ccc(Cl)cc1. The van der Waals surface area contributed by atoms with Gasteiger partial charge in [-0.2, -0.15) is 0 Å². The number of carbonyl (C=O) groups excluding carboxylic acids is 2. The maximum absolute atomic E-state index is 13.8. The zero-order valence-corrected chi connectivity index (χ0v) is 20.5. The van der Waals surface area contributed by atoms with E-state index in [4.69, 9.17) is 11.6 Å². The second kappa shape index (κ2) is 11.7. The lowest BCUT2D eigenvalue weighted by atomic mass is 10.1. The highest BCUT2D eigenvalue weighted by atomic mass is 35.5. The number of amides is 4. The number of nitrogens with zero attached hydrogens (tertiary/aromatic N) is 1. The van der Waals surface area contributed by atoms with Gasteiger partial charge in [0.1, 0.15) is 11.6 Å². The van der Waals surface area contributed by atoms with Crippen molar-refractivity contribution in [1.29, 1.82) is 0 Å². The van der Waals surface area contributed by atoms with Crippen LogP contribution in [0, 0.1) is 25.5 Å². The van der Waals surface area contributed by atoms with Gasteiger partial charge in [-0.1, -0.05) is 24.6 Å². The summed E-state index contributed by atoms with van der Waals surface area (Å²) in [6.07, 6.45) is 0.767. The van der Waals surface area contributed by atoms with Crippen molar-refractivity contribution in [3.05, 3.63) is 87.9 Å². The molecule has 3 N–H and O–H groups in total. The third-order valence-electron chi connectivity index (χ3n) is 5.34. The maximum atomic E-state index is 13.8. The molecule has 4 amide bonds. The first-order chi connectivity index (χ1) is 16.7. The van der Waals surface area contributed by atoms with Crippen LogP contribution in [0.25, 0.3) is 0 Å². The van der Waals surface area contributed by atoms with Gasteiger partial charge in [-0.25, -0.2) is 18.4 Å². The zero-order chi connectivity index (χ0) is 25.5. The zero-order valence-electron chi connectivity index (χ0n) is 19.7. The molecule has 0 saturated carbocycles. The second-order valence-corrected chi connectivity index (χ2v) is 8.49. The van der Waals surface area contributed by atoms with Crippen LogP contribution >= 0.6 is 11.6 Å². The van der Waals surface area contributed by atoms with Crippen molar-refractivity contribution in [3.8, 4) is 0 Å². The Labute approximate surface area is 208 Å². The molecule has 0 atom stereocenters. The topological polar surface area (TPSA) is 73.5 Å². The van der Waals surface area contributed by atoms with Crippen molar-refractivity contribution in [2.75, 3.05) is 22.1 Å². The Morgan fingerprint density at radius 2 is 1.54 bits per heavy atom. The Morgan fingerprint density at radius 3 is 2.11 bits per heavy atom. The summed E-state index contributed by atoms with van der Waals surface area (Å²) >= 11 is 5.97. The molecule has 35 heavy (non-hydrogen) atoms. The number of nitrogens with one attached hydrogen (secondary N) is 3. The summed E-state index contributed by atoms with van der Waals surface area (Å²) in [5.41, 5.74) is 3.09. The third kappa shape index (κ3) is 6.70. The molecular formula is C26H27ClF2N4O2. The van der Waals surface area contributed by atoms with E-state index in [1.807, 2.05) is 20.8 Å². The second-order valence-electron chi connectivity index (χ2n) is 8.05. The maximum Gasteiger partial charge on any atom is 0.326 e. The predicted octanol–water partition coefficient (Wildman–Crippen LogP) is 7.01. The Bertz CT molecular complexity index is 1180. The summed E-state index contributed by atoms with van der Waals surface area (Å²) in [5, 5.41) is 8.65. The number of aryl methyl sites for hydroxylation is 2. The van der Waals surface area contributed by atoms with E-state index in [1.54, 1.807) is 41.3 Å². The van der Waals surface area contributed by atoms with Crippen LogP contribution in [-0.4, -0.2) is 18.6 Å². The minimum atomic E-state index is -0.729. The molecule has 0 unspecified atom stereocenters. The van der Waals surface area contributed by atoms with E-state index in [0.717, 1.165) is 35.4 Å². The molecular weight excluding hydrogens is 474 g/mol. The normalized spacial score (nSPS) is 10.6. The number of hydrogen-bond acceptors (Lipinski definition) is 2. The van der Waals surface area contributed by atoms with E-state index < -0.39 is 17.7 Å². The van der Waals surface area contributed by atoms with Crippen molar-refractivity contribution in [2.24, 2.45) is 0 Å². The largest absolute Gasteiger partial charge is 0.334 e. The molecule has 0 aliphatic rings. The molecule has 9 heteroatoms. The van der Waals surface area contributed by atoms with Gasteiger partial charge in [0, 0.05) is 34.2 Å². The summed E-state index contributed by atoms with van der Waals surface area (Å²) in [5.74, 6) is -1.46. The smallest absolute Gasteiger partial charge is 0.326 e. The molecule has 0 spiro atoms. The van der Waals surface area contributed by atoms with Gasteiger partial charge in [-0.3, -0.25) is 4.90 Å². The first-order valence-corrected chi connectivity index (χ1v) is 11.5. The molecule has 6 nitrogen and oxygen atoms in total. The highest BCUT2D eigenvalue weighted by molar-refractivity contribution is 6.30. The molecule has 184 valence electrons. The average Bonchev–Trinajstić information content (AvgIpc) is 2.80. The fourth-order valence-corrected chi connectivity index (χ4v) is 3.77. The van der Waals surface area contributed by atoms with Gasteiger partial charge in [0.2, 0.25) is 0 Å². The molecule has 0 fully saturated rings. The van der Waals surface area contributed by atoms with Gasteiger partial charge in [-0.15, -0.1) is 0 Å². The Balaban J connectivity index is 1.69. The van der Waals surface area contributed by atoms with E-state index in [9.17, 15) is 18.4 Å². The van der Waals surface area contributed by atoms with Crippen LogP contribution in [0.4, 0.5) is 35.4 Å². The van der Waals surface area contributed by atoms with Gasteiger partial charge < -0.3 is 16.0 Å². The molecule has 0 aliphatic heterocycles. The van der Waals surface area contributed by atoms with Crippen LogP contribution in [0.5, 0.6) is 0 Å². The van der Waals surface area contributed by atoms with Crippen LogP contribution in [0.3, 0.4) is 0 Å². The first-order valence-electron chi connectivity index (χ1n) is 11.1. The van der Waals surface area contributed by atoms with E-state index >= 15 is 0 Å². The summed E-state index contributed by atoms with van der Waals surface area (Å²) in [4.78, 5) is 27.0. The molecule has 0 heterocycles. The lowest BCUT2D eigenvalue weighted by Crippen LogP contribution is -2.36. The van der Waals surface area contributed by atoms with Gasteiger partial charge >= 0.3 is 12.1 Å². The summed E-state index contributed by atoms with van der Waals surface area (Å²) in [7, 11) is 0. The van der Waals surface area contributed by atoms with Crippen molar-refractivity contribution in [2.45, 2.75) is 33.7 Å². The first kappa shape index (κ1) is 26.0. The number of halogens is 3. The van der Waals surface area contributed by atoms with Crippen molar-refractivity contribution in [3.63, 3.8) is 0 Å². The fourth-order valence-electron chi connectivity index (χ4n) is 3.64. The van der Waals surface area contributed by atoms with Crippen LogP contribution in [-0.2, 0) is 6.54 Å². The minimum Gasteiger partial charge on any atom is -0.334 e. The number of benzene rings is 3. The highest BCUT2D eigenvalue weighted by Gasteiger charge is 2.18. The van der Waals surface area contributed by atoms with Crippen molar-refractivity contribution in [1.82, 2.24) is 5.32 Å². The number of carbonyl (C=O) groups is 2. The number of urea groups is 2.